The van der Waals surface area contributed by atoms with Crippen molar-refractivity contribution in [2.24, 2.45) is 0 Å². The molecule has 7 nitrogen and oxygen atoms in total. The molecule has 1 fully saturated rings. The average Bonchev–Trinajstić information content (AvgIpc) is 3.13. The van der Waals surface area contributed by atoms with Crippen molar-refractivity contribution in [3.8, 4) is 0 Å². The largest absolute Gasteiger partial charge is 0.479 e. The molecule has 1 saturated heterocycles. The molecule has 228 valence electrons. The van der Waals surface area contributed by atoms with Crippen LogP contribution in [-0.4, -0.2) is 58.6 Å². The fraction of sp³-hybridized carbons (Fsp3) is 0.467. The van der Waals surface area contributed by atoms with Gasteiger partial charge in [0.2, 0.25) is 0 Å². The first kappa shape index (κ1) is 32.3. The van der Waals surface area contributed by atoms with Gasteiger partial charge in [-0.2, -0.15) is 13.2 Å². The van der Waals surface area contributed by atoms with E-state index in [0.29, 0.717) is 34.8 Å². The lowest BCUT2D eigenvalue weighted by atomic mass is 9.91. The second-order valence-electron chi connectivity index (χ2n) is 10.4. The highest BCUT2D eigenvalue weighted by molar-refractivity contribution is 6.39. The minimum absolute atomic E-state index is 0.0355. The maximum atomic E-state index is 13.8. The Balaban J connectivity index is 1.95. The number of unbranched alkanes of at least 4 members (excludes halogenated alkanes) is 2. The molecule has 3 aromatic rings. The maximum absolute atomic E-state index is 13.8. The number of carboxylic acid groups (broad SMARTS) is 2. The summed E-state index contributed by atoms with van der Waals surface area (Å²) in [6.07, 6.45) is -6.84. The lowest BCUT2D eigenvalue weighted by Gasteiger charge is -2.33. The molecular formula is C30H32Cl2F3NO6. The smallest absolute Gasteiger partial charge is 0.416 e. The average molecular weight is 630 g/mol. The number of benzene rings is 3. The van der Waals surface area contributed by atoms with Crippen molar-refractivity contribution >= 4 is 56.7 Å². The number of halogens is 5. The third kappa shape index (κ3) is 6.94. The molecule has 1 heterocycles. The first-order valence-corrected chi connectivity index (χ1v) is 14.5. The lowest BCUT2D eigenvalue weighted by molar-refractivity contribution is -0.183. The Labute approximate surface area is 251 Å². The highest BCUT2D eigenvalue weighted by Gasteiger charge is 2.45. The lowest BCUT2D eigenvalue weighted by Crippen LogP contribution is -2.47. The number of carbonyl (C=O) groups is 2. The van der Waals surface area contributed by atoms with Crippen molar-refractivity contribution < 1.29 is 42.4 Å². The summed E-state index contributed by atoms with van der Waals surface area (Å²) in [7, 11) is 0. The fourth-order valence-electron chi connectivity index (χ4n) is 5.37. The van der Waals surface area contributed by atoms with Crippen molar-refractivity contribution in [2.45, 2.75) is 76.7 Å². The summed E-state index contributed by atoms with van der Waals surface area (Å²) < 4.78 is 53.3. The van der Waals surface area contributed by atoms with Gasteiger partial charge in [0.1, 0.15) is 6.23 Å². The molecule has 0 aromatic heterocycles. The number of rotatable bonds is 10. The van der Waals surface area contributed by atoms with Crippen molar-refractivity contribution in [2.75, 3.05) is 13.1 Å². The van der Waals surface area contributed by atoms with Gasteiger partial charge < -0.3 is 19.7 Å². The van der Waals surface area contributed by atoms with Gasteiger partial charge >= 0.3 is 18.1 Å². The zero-order valence-corrected chi connectivity index (χ0v) is 24.6. The van der Waals surface area contributed by atoms with Gasteiger partial charge in [-0.25, -0.2) is 9.59 Å². The Hall–Kier alpha value is -2.63. The van der Waals surface area contributed by atoms with Crippen LogP contribution in [0.5, 0.6) is 0 Å². The third-order valence-electron chi connectivity index (χ3n) is 7.49. The molecule has 3 aromatic carbocycles. The maximum Gasteiger partial charge on any atom is 0.416 e. The van der Waals surface area contributed by atoms with Crippen molar-refractivity contribution in [1.29, 1.82) is 0 Å². The van der Waals surface area contributed by atoms with Crippen LogP contribution in [0.15, 0.2) is 36.4 Å². The fourth-order valence-corrected chi connectivity index (χ4v) is 5.91. The van der Waals surface area contributed by atoms with E-state index in [2.05, 4.69) is 0 Å². The van der Waals surface area contributed by atoms with Gasteiger partial charge in [0, 0.05) is 34.9 Å². The zero-order valence-electron chi connectivity index (χ0n) is 23.1. The SMILES string of the molecule is CCCCN(CCCC)C1CC(c2cc3c(Cl)cc(Cl)cc3c3cc(C(F)(F)F)ccc23)O[C@@H](C(=O)O)[C@H](C(=O)O)O1. The number of aliphatic carboxylic acids is 2. The monoisotopic (exact) mass is 629 g/mol. The number of fused-ring (bicyclic) bond motifs is 3. The molecule has 0 amide bonds. The molecule has 0 saturated carbocycles. The summed E-state index contributed by atoms with van der Waals surface area (Å²) in [5, 5.41) is 21.7. The molecule has 0 radical (unpaired) electrons. The predicted octanol–water partition coefficient (Wildman–Crippen LogP) is 7.93. The van der Waals surface area contributed by atoms with Crippen LogP contribution in [0.1, 0.15) is 63.2 Å². The Morgan fingerprint density at radius 2 is 1.48 bits per heavy atom. The van der Waals surface area contributed by atoms with Gasteiger partial charge in [0.25, 0.3) is 0 Å². The molecule has 2 unspecified atom stereocenters. The molecule has 42 heavy (non-hydrogen) atoms. The topological polar surface area (TPSA) is 96.3 Å². The van der Waals surface area contributed by atoms with E-state index >= 15 is 0 Å². The van der Waals surface area contributed by atoms with Crippen LogP contribution in [0, 0.1) is 0 Å². The van der Waals surface area contributed by atoms with E-state index in [1.807, 2.05) is 18.7 Å². The molecule has 0 aliphatic carbocycles. The summed E-state index contributed by atoms with van der Waals surface area (Å²) in [6.45, 7) is 5.20. The van der Waals surface area contributed by atoms with Crippen LogP contribution in [0.3, 0.4) is 0 Å². The highest BCUT2D eigenvalue weighted by atomic mass is 35.5. The minimum atomic E-state index is -4.63. The minimum Gasteiger partial charge on any atom is -0.479 e. The van der Waals surface area contributed by atoms with E-state index in [9.17, 15) is 33.0 Å². The Morgan fingerprint density at radius 3 is 2.05 bits per heavy atom. The first-order chi connectivity index (χ1) is 19.8. The molecule has 1 aliphatic heterocycles. The summed E-state index contributed by atoms with van der Waals surface area (Å²) >= 11 is 12.7. The Kier molecular flexibility index (Phi) is 10.3. The Morgan fingerprint density at radius 1 is 0.881 bits per heavy atom. The summed E-state index contributed by atoms with van der Waals surface area (Å²) in [6, 6.07) is 7.88. The third-order valence-corrected chi connectivity index (χ3v) is 8.02. The number of nitrogens with zero attached hydrogens (tertiary/aromatic N) is 1. The highest BCUT2D eigenvalue weighted by Crippen LogP contribution is 2.43. The molecule has 0 spiro atoms. The van der Waals surface area contributed by atoms with Gasteiger partial charge in [0.05, 0.1) is 11.7 Å². The normalized spacial score (nSPS) is 21.6. The van der Waals surface area contributed by atoms with Crippen LogP contribution in [0.2, 0.25) is 10.0 Å². The standard InChI is InChI=1S/C30H32Cl2F3NO6/c1-3-5-9-36(10-6-4-2)25-15-24(41-26(28(37)38)27(42-25)29(39)40)22-14-21-20(12-17(31)13-23(21)32)19-11-16(30(33,34)35)7-8-18(19)22/h7-8,11-14,24-27H,3-6,9-10,15H2,1-2H3,(H,37,38)(H,39,40)/t24?,25?,26-,27-/m1/s1. The van der Waals surface area contributed by atoms with E-state index in [1.54, 1.807) is 6.07 Å². The second-order valence-corrected chi connectivity index (χ2v) is 11.3. The van der Waals surface area contributed by atoms with Crippen molar-refractivity contribution in [1.82, 2.24) is 4.90 Å². The van der Waals surface area contributed by atoms with E-state index in [4.69, 9.17) is 32.7 Å². The summed E-state index contributed by atoms with van der Waals surface area (Å²) in [5.41, 5.74) is -0.514. The number of carboxylic acids is 2. The van der Waals surface area contributed by atoms with Crippen LogP contribution >= 0.6 is 23.2 Å². The molecule has 12 heteroatoms. The van der Waals surface area contributed by atoms with Gasteiger partial charge in [-0.3, -0.25) is 4.90 Å². The van der Waals surface area contributed by atoms with E-state index < -0.39 is 48.2 Å². The summed E-state index contributed by atoms with van der Waals surface area (Å²) in [5.74, 6) is -3.02. The van der Waals surface area contributed by atoms with Gasteiger partial charge in [-0.15, -0.1) is 0 Å². The van der Waals surface area contributed by atoms with Crippen molar-refractivity contribution in [3.63, 3.8) is 0 Å². The predicted molar refractivity (Wildman–Crippen MR) is 154 cm³/mol. The number of hydrogen-bond donors (Lipinski definition) is 2. The molecule has 2 N–H and O–H groups in total. The number of ether oxygens (including phenoxy) is 2. The number of hydrogen-bond acceptors (Lipinski definition) is 5. The van der Waals surface area contributed by atoms with E-state index in [-0.39, 0.29) is 21.9 Å². The van der Waals surface area contributed by atoms with Crippen LogP contribution < -0.4 is 0 Å². The molecule has 4 atom stereocenters. The van der Waals surface area contributed by atoms with Crippen LogP contribution in [-0.2, 0) is 25.2 Å². The van der Waals surface area contributed by atoms with E-state index in [1.165, 1.54) is 18.2 Å². The van der Waals surface area contributed by atoms with Crippen molar-refractivity contribution in [3.05, 3.63) is 57.6 Å². The number of alkyl halides is 3. The van der Waals surface area contributed by atoms with E-state index in [0.717, 1.165) is 37.8 Å². The van der Waals surface area contributed by atoms with Crippen LogP contribution in [0.4, 0.5) is 13.2 Å². The molecule has 4 rings (SSSR count). The zero-order chi connectivity index (χ0) is 30.8. The summed E-state index contributed by atoms with van der Waals surface area (Å²) in [4.78, 5) is 26.5. The van der Waals surface area contributed by atoms with Crippen LogP contribution in [0.25, 0.3) is 21.5 Å². The molecule has 1 aliphatic rings. The van der Waals surface area contributed by atoms with Gasteiger partial charge in [0.15, 0.2) is 12.2 Å². The molecular weight excluding hydrogens is 598 g/mol. The Bertz CT molecular complexity index is 1460. The second kappa shape index (κ2) is 13.3. The van der Waals surface area contributed by atoms with Gasteiger partial charge in [-0.05, 0) is 64.9 Å². The van der Waals surface area contributed by atoms with Gasteiger partial charge in [-0.1, -0.05) is 56.0 Å². The molecule has 0 bridgehead atoms. The first-order valence-electron chi connectivity index (χ1n) is 13.8. The quantitative estimate of drug-likeness (QED) is 0.220.